The van der Waals surface area contributed by atoms with Crippen molar-refractivity contribution < 1.29 is 59.4 Å². The van der Waals surface area contributed by atoms with Gasteiger partial charge in [0.2, 0.25) is 0 Å². The molecule has 0 radical (unpaired) electrons. The van der Waals surface area contributed by atoms with Gasteiger partial charge in [-0.2, -0.15) is 0 Å². The molecule has 3 fully saturated rings. The van der Waals surface area contributed by atoms with Crippen LogP contribution in [-0.2, 0) is 28.8 Å². The molecule has 15 heteroatoms. The van der Waals surface area contributed by atoms with Gasteiger partial charge < -0.3 is 30.6 Å². The first-order valence-electron chi connectivity index (χ1n) is 8.92. The molecular weight excluding hydrogens is 450 g/mol. The van der Waals surface area contributed by atoms with Crippen molar-refractivity contribution in [1.29, 1.82) is 0 Å². The third-order valence-electron chi connectivity index (χ3n) is 3.98. The van der Waals surface area contributed by atoms with Crippen molar-refractivity contribution in [2.45, 2.75) is 12.8 Å². The fourth-order valence-corrected chi connectivity index (χ4v) is 2.59. The third kappa shape index (κ3) is 12.8. The van der Waals surface area contributed by atoms with Crippen molar-refractivity contribution in [2.24, 2.45) is 5.92 Å². The van der Waals surface area contributed by atoms with E-state index in [-0.39, 0.29) is 0 Å². The molecule has 1 aromatic rings. The Morgan fingerprint density at radius 2 is 1.18 bits per heavy atom. The molecule has 0 saturated carbocycles. The highest BCUT2D eigenvalue weighted by atomic mass is 16.5. The van der Waals surface area contributed by atoms with Gasteiger partial charge in [-0.1, -0.05) is 5.57 Å². The predicted octanol–water partition coefficient (Wildman–Crippen LogP) is -0.948. The summed E-state index contributed by atoms with van der Waals surface area (Å²) in [6.45, 7) is 3.70. The molecule has 0 amide bonds. The van der Waals surface area contributed by atoms with E-state index in [4.69, 9.17) is 59.4 Å². The minimum absolute atomic E-state index is 0.803. The smallest absolute Gasteiger partial charge is 0.414 e. The van der Waals surface area contributed by atoms with Crippen LogP contribution in [0.4, 0.5) is 0 Å². The van der Waals surface area contributed by atoms with Gasteiger partial charge in [-0.3, -0.25) is 14.9 Å². The van der Waals surface area contributed by atoms with Crippen LogP contribution in [-0.4, -0.2) is 101 Å². The molecule has 0 aliphatic carbocycles. The van der Waals surface area contributed by atoms with Crippen molar-refractivity contribution in [3.63, 3.8) is 0 Å². The number of piperidine rings is 3. The lowest BCUT2D eigenvalue weighted by atomic mass is 9.83. The van der Waals surface area contributed by atoms with Gasteiger partial charge in [-0.25, -0.2) is 28.8 Å². The highest BCUT2D eigenvalue weighted by molar-refractivity contribution is 6.28. The number of aromatic nitrogens is 2. The molecule has 15 nitrogen and oxygen atoms in total. The first kappa shape index (κ1) is 28.6. The topological polar surface area (TPSA) is 253 Å². The molecule has 6 N–H and O–H groups in total. The van der Waals surface area contributed by atoms with Crippen LogP contribution in [0.15, 0.2) is 24.2 Å². The van der Waals surface area contributed by atoms with Gasteiger partial charge in [-0.15, -0.1) is 0 Å². The Morgan fingerprint density at radius 3 is 1.45 bits per heavy atom. The number of aliphatic carboxylic acids is 6. The second-order valence-electron chi connectivity index (χ2n) is 6.23. The van der Waals surface area contributed by atoms with Crippen molar-refractivity contribution >= 4 is 41.9 Å². The van der Waals surface area contributed by atoms with E-state index in [1.54, 1.807) is 18.0 Å². The lowest BCUT2D eigenvalue weighted by molar-refractivity contribution is -0.159. The normalized spacial score (nSPS) is 18.6. The van der Waals surface area contributed by atoms with Gasteiger partial charge in [0, 0.05) is 18.9 Å². The first-order chi connectivity index (χ1) is 15.3. The molecule has 0 unspecified atom stereocenters. The fourth-order valence-electron chi connectivity index (χ4n) is 2.59. The number of hydrogen-bond acceptors (Lipinski definition) is 9. The minimum Gasteiger partial charge on any atom is -0.473 e. The number of nitrogens with zero attached hydrogens (tertiary/aromatic N) is 3. The number of hydrogen-bond donors (Lipinski definition) is 6. The molecule has 0 aromatic carbocycles. The highest BCUT2D eigenvalue weighted by Gasteiger charge is 2.29. The molecule has 2 bridgehead atoms. The summed E-state index contributed by atoms with van der Waals surface area (Å²) in [7, 11) is 0. The molecule has 3 aliphatic heterocycles. The number of rotatable bonds is 1. The Kier molecular flexibility index (Phi) is 12.6. The lowest BCUT2D eigenvalue weighted by Crippen LogP contribution is -2.42. The lowest BCUT2D eigenvalue weighted by Gasteiger charge is -2.41. The summed E-state index contributed by atoms with van der Waals surface area (Å²) in [6.07, 6.45) is 10.2. The third-order valence-corrected chi connectivity index (χ3v) is 3.98. The molecule has 0 spiro atoms. The van der Waals surface area contributed by atoms with Crippen LogP contribution in [0.1, 0.15) is 18.5 Å². The van der Waals surface area contributed by atoms with Crippen LogP contribution < -0.4 is 0 Å². The zero-order valence-corrected chi connectivity index (χ0v) is 16.9. The molecule has 0 atom stereocenters. The van der Waals surface area contributed by atoms with Crippen LogP contribution >= 0.6 is 0 Å². The molecule has 4 rings (SSSR count). The van der Waals surface area contributed by atoms with E-state index in [0.717, 1.165) is 18.2 Å². The summed E-state index contributed by atoms with van der Waals surface area (Å²) >= 11 is 0. The average molecular weight is 471 g/mol. The van der Waals surface area contributed by atoms with Gasteiger partial charge in [0.1, 0.15) is 0 Å². The van der Waals surface area contributed by atoms with E-state index in [1.807, 2.05) is 6.20 Å². The maximum Gasteiger partial charge on any atom is 0.414 e. The van der Waals surface area contributed by atoms with Crippen LogP contribution in [0.3, 0.4) is 0 Å². The van der Waals surface area contributed by atoms with Gasteiger partial charge >= 0.3 is 35.8 Å². The second-order valence-corrected chi connectivity index (χ2v) is 6.23. The van der Waals surface area contributed by atoms with Crippen LogP contribution in [0, 0.1) is 5.92 Å². The number of carbonyl (C=O) groups is 6. The Labute approximate surface area is 185 Å². The number of carboxylic acids is 6. The SMILES string of the molecule is C(=C1/CN2CCC1CC2)/c1cnccn1.O=C(O)C(=O)O.O=C(O)C(=O)O.O=C(O)C(=O)O. The van der Waals surface area contributed by atoms with E-state index in [9.17, 15) is 0 Å². The zero-order chi connectivity index (χ0) is 25.6. The molecule has 3 aliphatic rings. The van der Waals surface area contributed by atoms with E-state index in [1.165, 1.54) is 25.9 Å². The maximum atomic E-state index is 9.10. The Hall–Kier alpha value is -4.40. The molecule has 3 saturated heterocycles. The standard InChI is InChI=1S/C12H15N3.3C2H2O4/c1-5-15-6-2-10(1)11(9-15)7-12-8-13-3-4-14-12;3*3-1(4)2(5)6/h3-4,7-8,10H,1-2,5-6,9H2;3*(H,3,4)(H,5,6)/b11-7+;;;. The zero-order valence-electron chi connectivity index (χ0n) is 16.9. The maximum absolute atomic E-state index is 9.10. The van der Waals surface area contributed by atoms with E-state index in [2.05, 4.69) is 20.9 Å². The number of fused-ring (bicyclic) bond motifs is 3. The summed E-state index contributed by atoms with van der Waals surface area (Å²) in [4.78, 5) is 65.5. The van der Waals surface area contributed by atoms with Gasteiger partial charge in [0.05, 0.1) is 11.9 Å². The molecular formula is C18H21N3O12. The Bertz CT molecular complexity index is 799. The number of carboxylic acid groups (broad SMARTS) is 6. The average Bonchev–Trinajstić information content (AvgIpc) is 2.76. The van der Waals surface area contributed by atoms with Crippen molar-refractivity contribution in [2.75, 3.05) is 19.6 Å². The second kappa shape index (κ2) is 14.6. The Balaban J connectivity index is 0.000000480. The predicted molar refractivity (Wildman–Crippen MR) is 105 cm³/mol. The van der Waals surface area contributed by atoms with E-state index < -0.39 is 35.8 Å². The summed E-state index contributed by atoms with van der Waals surface area (Å²) in [5.41, 5.74) is 2.55. The van der Waals surface area contributed by atoms with Gasteiger partial charge in [0.15, 0.2) is 0 Å². The summed E-state index contributed by atoms with van der Waals surface area (Å²) in [6, 6.07) is 0. The molecule has 1 aromatic heterocycles. The monoisotopic (exact) mass is 471 g/mol. The summed E-state index contributed by atoms with van der Waals surface area (Å²) in [5, 5.41) is 44.3. The molecule has 180 valence electrons. The van der Waals surface area contributed by atoms with Crippen LogP contribution in [0.2, 0.25) is 0 Å². The van der Waals surface area contributed by atoms with Gasteiger partial charge in [0.25, 0.3) is 0 Å². The molecule has 4 heterocycles. The van der Waals surface area contributed by atoms with E-state index >= 15 is 0 Å². The quantitative estimate of drug-likeness (QED) is 0.270. The van der Waals surface area contributed by atoms with E-state index in [0.29, 0.717) is 0 Å². The fraction of sp³-hybridized carbons (Fsp3) is 0.333. The Morgan fingerprint density at radius 1 is 0.758 bits per heavy atom. The summed E-state index contributed by atoms with van der Waals surface area (Å²) in [5.74, 6) is -10.1. The first-order valence-corrected chi connectivity index (χ1v) is 8.92. The van der Waals surface area contributed by atoms with Crippen LogP contribution in [0.5, 0.6) is 0 Å². The van der Waals surface area contributed by atoms with Crippen LogP contribution in [0.25, 0.3) is 6.08 Å². The largest absolute Gasteiger partial charge is 0.473 e. The minimum atomic E-state index is -1.82. The molecule has 33 heavy (non-hydrogen) atoms. The van der Waals surface area contributed by atoms with Crippen molar-refractivity contribution in [3.05, 3.63) is 29.9 Å². The van der Waals surface area contributed by atoms with Crippen molar-refractivity contribution in [3.8, 4) is 0 Å². The van der Waals surface area contributed by atoms with Crippen molar-refractivity contribution in [1.82, 2.24) is 14.9 Å². The van der Waals surface area contributed by atoms with Gasteiger partial charge in [-0.05, 0) is 37.9 Å². The highest BCUT2D eigenvalue weighted by Crippen LogP contribution is 2.32. The summed E-state index contributed by atoms with van der Waals surface area (Å²) < 4.78 is 0.